The van der Waals surface area contributed by atoms with E-state index in [1.165, 1.54) is 0 Å². The van der Waals surface area contributed by atoms with Crippen LogP contribution in [0.2, 0.25) is 18.1 Å². The van der Waals surface area contributed by atoms with Gasteiger partial charge in [0, 0.05) is 12.4 Å². The van der Waals surface area contributed by atoms with Crippen molar-refractivity contribution in [1.29, 1.82) is 0 Å². The molecule has 78 valence electrons. The highest BCUT2D eigenvalue weighted by Gasteiger charge is 2.38. The molecule has 0 aliphatic carbocycles. The fourth-order valence-corrected chi connectivity index (χ4v) is 1.89. The van der Waals surface area contributed by atoms with E-state index in [0.717, 1.165) is 5.75 Å². The van der Waals surface area contributed by atoms with E-state index in [1.54, 1.807) is 12.4 Å². The number of nitrogens with zero attached hydrogens (tertiary/aromatic N) is 1. The summed E-state index contributed by atoms with van der Waals surface area (Å²) < 4.78 is 6.07. The summed E-state index contributed by atoms with van der Waals surface area (Å²) in [5.41, 5.74) is 0. The number of hydrogen-bond acceptors (Lipinski definition) is 2. The van der Waals surface area contributed by atoms with E-state index >= 15 is 0 Å². The Balaban J connectivity index is 2.79. The van der Waals surface area contributed by atoms with E-state index in [-0.39, 0.29) is 5.04 Å². The summed E-state index contributed by atoms with van der Waals surface area (Å²) in [5, 5.41) is 0.246. The molecule has 1 heterocycles. The summed E-state index contributed by atoms with van der Waals surface area (Å²) in [7, 11) is -1.67. The van der Waals surface area contributed by atoms with Gasteiger partial charge in [0.05, 0.1) is 0 Å². The maximum atomic E-state index is 6.07. The highest BCUT2D eigenvalue weighted by atomic mass is 28.4. The van der Waals surface area contributed by atoms with Crippen LogP contribution < -0.4 is 4.43 Å². The smallest absolute Gasteiger partial charge is 0.250 e. The zero-order valence-electron chi connectivity index (χ0n) is 9.66. The van der Waals surface area contributed by atoms with Crippen LogP contribution in [0.4, 0.5) is 0 Å². The molecule has 0 bridgehead atoms. The first-order chi connectivity index (χ1) is 6.33. The maximum absolute atomic E-state index is 6.07. The normalized spacial score (nSPS) is 12.6. The molecule has 0 aliphatic heterocycles. The lowest BCUT2D eigenvalue weighted by molar-refractivity contribution is 0.491. The molecule has 2 nitrogen and oxygen atoms in total. The van der Waals surface area contributed by atoms with Crippen molar-refractivity contribution in [3.05, 3.63) is 24.5 Å². The van der Waals surface area contributed by atoms with Crippen molar-refractivity contribution in [2.45, 2.75) is 38.9 Å². The van der Waals surface area contributed by atoms with Gasteiger partial charge in [-0.15, -0.1) is 0 Å². The molecule has 0 N–H and O–H groups in total. The first-order valence-corrected chi connectivity index (χ1v) is 7.83. The third-order valence-corrected chi connectivity index (χ3v) is 7.19. The molecule has 0 saturated heterocycles. The third kappa shape index (κ3) is 2.58. The zero-order valence-corrected chi connectivity index (χ0v) is 10.7. The molecule has 0 atom stereocenters. The first kappa shape index (κ1) is 11.2. The van der Waals surface area contributed by atoms with Gasteiger partial charge in [-0.3, -0.25) is 4.98 Å². The monoisotopic (exact) mass is 209 g/mol. The number of pyridine rings is 1. The lowest BCUT2D eigenvalue weighted by Gasteiger charge is -2.36. The number of rotatable bonds is 2. The summed E-state index contributed by atoms with van der Waals surface area (Å²) in [6, 6.07) is 3.83. The van der Waals surface area contributed by atoms with Crippen LogP contribution in [0.25, 0.3) is 0 Å². The van der Waals surface area contributed by atoms with Crippen molar-refractivity contribution >= 4 is 8.32 Å². The molecule has 0 radical (unpaired) electrons. The Bertz CT molecular complexity index is 290. The second-order valence-electron chi connectivity index (χ2n) is 5.05. The van der Waals surface area contributed by atoms with Crippen LogP contribution in [0.15, 0.2) is 24.5 Å². The van der Waals surface area contributed by atoms with Gasteiger partial charge < -0.3 is 4.43 Å². The first-order valence-electron chi connectivity index (χ1n) is 4.92. The topological polar surface area (TPSA) is 22.1 Å². The molecule has 14 heavy (non-hydrogen) atoms. The molecule has 1 aromatic rings. The Labute approximate surface area is 87.5 Å². The molecular weight excluding hydrogens is 190 g/mol. The van der Waals surface area contributed by atoms with Gasteiger partial charge in [-0.05, 0) is 30.3 Å². The van der Waals surface area contributed by atoms with Crippen LogP contribution in [0, 0.1) is 0 Å². The largest absolute Gasteiger partial charge is 0.543 e. The van der Waals surface area contributed by atoms with E-state index in [9.17, 15) is 0 Å². The third-order valence-electron chi connectivity index (χ3n) is 2.83. The second kappa shape index (κ2) is 3.73. The molecule has 3 heteroatoms. The fraction of sp³-hybridized carbons (Fsp3) is 0.545. The van der Waals surface area contributed by atoms with Gasteiger partial charge >= 0.3 is 0 Å². The van der Waals surface area contributed by atoms with Crippen LogP contribution in [-0.4, -0.2) is 13.3 Å². The van der Waals surface area contributed by atoms with Gasteiger partial charge in [0.25, 0.3) is 0 Å². The molecular formula is C11H19NOSi. The van der Waals surface area contributed by atoms with E-state index < -0.39 is 8.32 Å². The Morgan fingerprint density at radius 3 is 2.07 bits per heavy atom. The zero-order chi connectivity index (χ0) is 10.8. The maximum Gasteiger partial charge on any atom is 0.250 e. The number of aromatic nitrogens is 1. The van der Waals surface area contributed by atoms with Crippen molar-refractivity contribution in [2.75, 3.05) is 0 Å². The lowest BCUT2D eigenvalue weighted by Crippen LogP contribution is -2.43. The summed E-state index contributed by atoms with van der Waals surface area (Å²) >= 11 is 0. The van der Waals surface area contributed by atoms with Gasteiger partial charge in [0.15, 0.2) is 0 Å². The fourth-order valence-electron chi connectivity index (χ4n) is 0.854. The Kier molecular flexibility index (Phi) is 3.00. The molecule has 0 saturated carbocycles. The highest BCUT2D eigenvalue weighted by Crippen LogP contribution is 2.37. The quantitative estimate of drug-likeness (QED) is 0.696. The summed E-state index contributed by atoms with van der Waals surface area (Å²) in [4.78, 5) is 3.97. The molecule has 1 aromatic heterocycles. The van der Waals surface area contributed by atoms with Gasteiger partial charge in [0.1, 0.15) is 5.75 Å². The van der Waals surface area contributed by atoms with Crippen LogP contribution >= 0.6 is 0 Å². The SMILES string of the molecule is CC(C)(C)[Si](C)(C)Oc1ccncc1. The molecule has 0 aliphatic rings. The van der Waals surface area contributed by atoms with Crippen LogP contribution in [-0.2, 0) is 0 Å². The molecule has 0 fully saturated rings. The van der Waals surface area contributed by atoms with E-state index in [4.69, 9.17) is 4.43 Å². The van der Waals surface area contributed by atoms with E-state index in [2.05, 4.69) is 38.8 Å². The highest BCUT2D eigenvalue weighted by molar-refractivity contribution is 6.74. The van der Waals surface area contributed by atoms with E-state index in [0.29, 0.717) is 0 Å². The van der Waals surface area contributed by atoms with Crippen LogP contribution in [0.1, 0.15) is 20.8 Å². The molecule has 0 spiro atoms. The molecule has 0 amide bonds. The minimum absolute atomic E-state index is 0.246. The van der Waals surface area contributed by atoms with Crippen LogP contribution in [0.3, 0.4) is 0 Å². The van der Waals surface area contributed by atoms with Gasteiger partial charge in [-0.25, -0.2) is 0 Å². The number of hydrogen-bond donors (Lipinski definition) is 0. The van der Waals surface area contributed by atoms with Crippen molar-refractivity contribution in [3.63, 3.8) is 0 Å². The molecule has 0 unspecified atom stereocenters. The minimum Gasteiger partial charge on any atom is -0.543 e. The lowest BCUT2D eigenvalue weighted by atomic mass is 10.2. The Morgan fingerprint density at radius 1 is 1.14 bits per heavy atom. The average Bonchev–Trinajstić information content (AvgIpc) is 2.03. The van der Waals surface area contributed by atoms with E-state index in [1.807, 2.05) is 12.1 Å². The summed E-state index contributed by atoms with van der Waals surface area (Å²) in [5.74, 6) is 0.937. The van der Waals surface area contributed by atoms with Gasteiger partial charge in [-0.1, -0.05) is 20.8 Å². The minimum atomic E-state index is -1.67. The average molecular weight is 209 g/mol. The van der Waals surface area contributed by atoms with Crippen molar-refractivity contribution < 1.29 is 4.43 Å². The van der Waals surface area contributed by atoms with Gasteiger partial charge in [0.2, 0.25) is 8.32 Å². The van der Waals surface area contributed by atoms with Crippen molar-refractivity contribution in [2.24, 2.45) is 0 Å². The predicted molar refractivity (Wildman–Crippen MR) is 62.1 cm³/mol. The Morgan fingerprint density at radius 2 is 1.64 bits per heavy atom. The summed E-state index contributed by atoms with van der Waals surface area (Å²) in [6.07, 6.45) is 3.53. The van der Waals surface area contributed by atoms with Gasteiger partial charge in [-0.2, -0.15) is 0 Å². The Hall–Kier alpha value is -0.833. The van der Waals surface area contributed by atoms with Crippen molar-refractivity contribution in [1.82, 2.24) is 4.98 Å². The summed E-state index contributed by atoms with van der Waals surface area (Å²) in [6.45, 7) is 11.2. The second-order valence-corrected chi connectivity index (χ2v) is 9.77. The predicted octanol–water partition coefficient (Wildman–Crippen LogP) is 3.47. The standard InChI is InChI=1S/C11H19NOSi/c1-11(2,3)14(4,5)13-10-6-8-12-9-7-10/h6-9H,1-5H3. The van der Waals surface area contributed by atoms with Crippen molar-refractivity contribution in [3.8, 4) is 5.75 Å². The molecule has 1 rings (SSSR count). The van der Waals surface area contributed by atoms with Crippen LogP contribution in [0.5, 0.6) is 5.75 Å². The molecule has 0 aromatic carbocycles.